The zero-order chi connectivity index (χ0) is 11.3. The quantitative estimate of drug-likeness (QED) is 0.396. The van der Waals surface area contributed by atoms with E-state index in [1.807, 2.05) is 0 Å². The highest BCUT2D eigenvalue weighted by Gasteiger charge is 2.20. The third-order valence-corrected chi connectivity index (χ3v) is 2.57. The van der Waals surface area contributed by atoms with Crippen molar-refractivity contribution in [3.05, 3.63) is 12.3 Å². The molecule has 0 aliphatic carbocycles. The van der Waals surface area contributed by atoms with Crippen molar-refractivity contribution in [2.24, 2.45) is 0 Å². The van der Waals surface area contributed by atoms with Gasteiger partial charge in [-0.15, -0.1) is 0 Å². The maximum Gasteiger partial charge on any atom is 0.264 e. The lowest BCUT2D eigenvalue weighted by atomic mass is 10.1. The Hall–Kier alpha value is -0.590. The van der Waals surface area contributed by atoms with Crippen LogP contribution in [0.5, 0.6) is 0 Å². The molecule has 0 N–H and O–H groups in total. The molecule has 0 aromatic heterocycles. The predicted molar refractivity (Wildman–Crippen MR) is 54.4 cm³/mol. The highest BCUT2D eigenvalue weighted by Crippen LogP contribution is 2.22. The Balaban J connectivity index is 2.00. The first-order valence-electron chi connectivity index (χ1n) is 4.83. The molecule has 6 heteroatoms. The molecule has 1 rings (SSSR count). The summed E-state index contributed by atoms with van der Waals surface area (Å²) in [5, 5.41) is 0. The largest absolute Gasteiger partial charge is 0.342 e. The predicted octanol–water partition coefficient (Wildman–Crippen LogP) is 1.37. The van der Waals surface area contributed by atoms with E-state index < -0.39 is 10.1 Å². The van der Waals surface area contributed by atoms with Gasteiger partial charge in [0.1, 0.15) is 11.9 Å². The molecule has 0 amide bonds. The van der Waals surface area contributed by atoms with E-state index in [1.165, 1.54) is 0 Å². The third kappa shape index (κ3) is 5.76. The lowest BCUT2D eigenvalue weighted by Crippen LogP contribution is -2.07. The van der Waals surface area contributed by atoms with Crippen LogP contribution in [-0.2, 0) is 24.1 Å². The van der Waals surface area contributed by atoms with E-state index in [4.69, 9.17) is 9.78 Å². The fraction of sp³-hybridized carbons (Fsp3) is 0.778. The Labute approximate surface area is 90.1 Å². The van der Waals surface area contributed by atoms with Gasteiger partial charge in [0.05, 0.1) is 12.9 Å². The monoisotopic (exact) mass is 236 g/mol. The van der Waals surface area contributed by atoms with Crippen molar-refractivity contribution < 1.29 is 22.4 Å². The van der Waals surface area contributed by atoms with Crippen molar-refractivity contribution in [3.63, 3.8) is 0 Å². The summed E-state index contributed by atoms with van der Waals surface area (Å²) in [5.74, 6) is 0.646. The number of unbranched alkanes of at least 4 members (excludes halogenated alkanes) is 1. The molecule has 0 spiro atoms. The maximum absolute atomic E-state index is 10.6. The summed E-state index contributed by atoms with van der Waals surface area (Å²) >= 11 is 0. The van der Waals surface area contributed by atoms with Gasteiger partial charge in [0.25, 0.3) is 10.1 Å². The summed E-state index contributed by atoms with van der Waals surface area (Å²) in [6, 6.07) is 0. The van der Waals surface area contributed by atoms with Crippen LogP contribution in [0.3, 0.4) is 0 Å². The molecule has 0 radical (unpaired) electrons. The van der Waals surface area contributed by atoms with Gasteiger partial charge in [-0.05, 0) is 19.3 Å². The molecule has 0 aromatic rings. The highest BCUT2D eigenvalue weighted by molar-refractivity contribution is 7.85. The molecule has 88 valence electrons. The molecule has 1 aliphatic heterocycles. The highest BCUT2D eigenvalue weighted by atomic mass is 32.2. The second-order valence-electron chi connectivity index (χ2n) is 3.57. The number of hydrogen-bond donors (Lipinski definition) is 0. The van der Waals surface area contributed by atoms with Gasteiger partial charge in [-0.25, -0.2) is 0 Å². The number of rotatable bonds is 6. The van der Waals surface area contributed by atoms with Crippen LogP contribution in [0.15, 0.2) is 12.3 Å². The normalized spacial score (nSPS) is 21.7. The minimum Gasteiger partial charge on any atom is -0.342 e. The molecule has 1 atom stereocenters. The Morgan fingerprint density at radius 2 is 2.27 bits per heavy atom. The first-order valence-corrected chi connectivity index (χ1v) is 6.64. The topological polar surface area (TPSA) is 61.8 Å². The van der Waals surface area contributed by atoms with Gasteiger partial charge in [0, 0.05) is 6.42 Å². The van der Waals surface area contributed by atoms with Gasteiger partial charge in [0.15, 0.2) is 0 Å². The Bertz CT molecular complexity index is 308. The van der Waals surface area contributed by atoms with E-state index in [0.29, 0.717) is 18.6 Å². The lowest BCUT2D eigenvalue weighted by molar-refractivity contribution is -0.254. The molecule has 0 aromatic carbocycles. The second kappa shape index (κ2) is 5.48. The van der Waals surface area contributed by atoms with Gasteiger partial charge in [0.2, 0.25) is 0 Å². The van der Waals surface area contributed by atoms with Crippen molar-refractivity contribution >= 4 is 10.1 Å². The fourth-order valence-electron chi connectivity index (χ4n) is 1.29. The van der Waals surface area contributed by atoms with Crippen molar-refractivity contribution in [2.45, 2.75) is 31.8 Å². The maximum atomic E-state index is 10.6. The summed E-state index contributed by atoms with van der Waals surface area (Å²) in [6.45, 7) is 3.86. The summed E-state index contributed by atoms with van der Waals surface area (Å²) in [6.07, 6.45) is 4.18. The van der Waals surface area contributed by atoms with Gasteiger partial charge in [-0.1, -0.05) is 6.58 Å². The first-order chi connectivity index (χ1) is 6.97. The minimum atomic E-state index is -3.30. The second-order valence-corrected chi connectivity index (χ2v) is 5.21. The van der Waals surface area contributed by atoms with Gasteiger partial charge < -0.3 is 4.89 Å². The zero-order valence-electron chi connectivity index (χ0n) is 8.77. The zero-order valence-corrected chi connectivity index (χ0v) is 9.59. The average Bonchev–Trinajstić information content (AvgIpc) is 2.49. The van der Waals surface area contributed by atoms with Crippen LogP contribution in [0.2, 0.25) is 0 Å². The standard InChI is InChI=1S/C9H16O5S/c1-8-7-9(14-13-8)5-3-4-6-12-15(2,10)11/h9H,1,3-7H2,2H3. The average molecular weight is 236 g/mol. The molecule has 5 nitrogen and oxygen atoms in total. The fourth-order valence-corrected chi connectivity index (χ4v) is 1.71. The Kier molecular flexibility index (Phi) is 4.56. The molecule has 1 unspecified atom stereocenters. The van der Waals surface area contributed by atoms with Crippen molar-refractivity contribution in [1.82, 2.24) is 0 Å². The van der Waals surface area contributed by atoms with E-state index in [-0.39, 0.29) is 12.7 Å². The molecule has 1 fully saturated rings. The number of hydrogen-bond acceptors (Lipinski definition) is 5. The van der Waals surface area contributed by atoms with Crippen LogP contribution in [0, 0.1) is 0 Å². The molecule has 0 saturated carbocycles. The van der Waals surface area contributed by atoms with Crippen LogP contribution in [0.4, 0.5) is 0 Å². The van der Waals surface area contributed by atoms with Crippen molar-refractivity contribution in [2.75, 3.05) is 12.9 Å². The van der Waals surface area contributed by atoms with Crippen LogP contribution in [-0.4, -0.2) is 27.4 Å². The third-order valence-electron chi connectivity index (χ3n) is 1.98. The molecule has 0 bridgehead atoms. The SMILES string of the molecule is C=C1CC(CCCCOS(C)(=O)=O)OO1. The van der Waals surface area contributed by atoms with Crippen LogP contribution >= 0.6 is 0 Å². The van der Waals surface area contributed by atoms with Gasteiger partial charge in [-0.3, -0.25) is 4.18 Å². The van der Waals surface area contributed by atoms with E-state index >= 15 is 0 Å². The Morgan fingerprint density at radius 3 is 2.80 bits per heavy atom. The smallest absolute Gasteiger partial charge is 0.264 e. The van der Waals surface area contributed by atoms with Crippen molar-refractivity contribution in [1.29, 1.82) is 0 Å². The van der Waals surface area contributed by atoms with Crippen molar-refractivity contribution in [3.8, 4) is 0 Å². The minimum absolute atomic E-state index is 0.0516. The summed E-state index contributed by atoms with van der Waals surface area (Å²) in [7, 11) is -3.30. The van der Waals surface area contributed by atoms with E-state index in [2.05, 4.69) is 10.8 Å². The molecular formula is C9H16O5S. The van der Waals surface area contributed by atoms with Crippen LogP contribution in [0.25, 0.3) is 0 Å². The molecule has 15 heavy (non-hydrogen) atoms. The summed E-state index contributed by atoms with van der Waals surface area (Å²) in [5.41, 5.74) is 0. The first kappa shape index (κ1) is 12.5. The van der Waals surface area contributed by atoms with E-state index in [1.54, 1.807) is 0 Å². The van der Waals surface area contributed by atoms with Crippen LogP contribution in [0.1, 0.15) is 25.7 Å². The van der Waals surface area contributed by atoms with Gasteiger partial charge in [-0.2, -0.15) is 13.3 Å². The molecule has 1 heterocycles. The van der Waals surface area contributed by atoms with Crippen LogP contribution < -0.4 is 0 Å². The van der Waals surface area contributed by atoms with Gasteiger partial charge >= 0.3 is 0 Å². The summed E-state index contributed by atoms with van der Waals surface area (Å²) < 4.78 is 25.8. The lowest BCUT2D eigenvalue weighted by Gasteiger charge is -2.04. The van der Waals surface area contributed by atoms with E-state index in [0.717, 1.165) is 19.1 Å². The summed E-state index contributed by atoms with van der Waals surface area (Å²) in [4.78, 5) is 9.71. The molecule has 1 aliphatic rings. The Morgan fingerprint density at radius 1 is 1.53 bits per heavy atom. The molecular weight excluding hydrogens is 220 g/mol. The molecule has 1 saturated heterocycles. The van der Waals surface area contributed by atoms with E-state index in [9.17, 15) is 8.42 Å².